The van der Waals surface area contributed by atoms with Gasteiger partial charge in [0.15, 0.2) is 0 Å². The fraction of sp³-hybridized carbons (Fsp3) is 0. The van der Waals surface area contributed by atoms with E-state index in [0.717, 1.165) is 21.9 Å². The third-order valence-electron chi connectivity index (χ3n) is 9.13. The zero-order valence-electron chi connectivity index (χ0n) is 24.6. The van der Waals surface area contributed by atoms with Crippen LogP contribution >= 0.6 is 0 Å². The molecule has 1 nitrogen and oxygen atoms in total. The van der Waals surface area contributed by atoms with Gasteiger partial charge in [0.2, 0.25) is 0 Å². The zero-order valence-corrected chi connectivity index (χ0v) is 24.6. The van der Waals surface area contributed by atoms with Gasteiger partial charge >= 0.3 is 0 Å². The van der Waals surface area contributed by atoms with Gasteiger partial charge < -0.3 is 4.42 Å². The van der Waals surface area contributed by atoms with E-state index < -0.39 is 0 Å². The maximum absolute atomic E-state index is 6.04. The van der Waals surface area contributed by atoms with E-state index in [9.17, 15) is 0 Å². The Morgan fingerprint density at radius 3 is 1.40 bits per heavy atom. The Hall–Kier alpha value is -5.92. The lowest BCUT2D eigenvalue weighted by molar-refractivity contribution is 0.669. The first kappa shape index (κ1) is 25.6. The Morgan fingerprint density at radius 1 is 0.267 bits per heavy atom. The van der Waals surface area contributed by atoms with E-state index in [1.807, 2.05) is 12.1 Å². The molecule has 0 N–H and O–H groups in total. The molecule has 9 aromatic rings. The minimum Gasteiger partial charge on any atom is -0.456 e. The minimum atomic E-state index is 0.923. The molecule has 0 aliphatic heterocycles. The number of fused-ring (bicyclic) bond motifs is 5. The van der Waals surface area contributed by atoms with E-state index in [4.69, 9.17) is 4.42 Å². The molecule has 1 heteroatoms. The Labute approximate surface area is 261 Å². The summed E-state index contributed by atoms with van der Waals surface area (Å²) in [6.45, 7) is 0. The molecule has 0 radical (unpaired) electrons. The van der Waals surface area contributed by atoms with Crippen LogP contribution in [0.25, 0.3) is 88.0 Å². The molecule has 0 amide bonds. The molecule has 0 atom stereocenters. The van der Waals surface area contributed by atoms with Gasteiger partial charge in [-0.2, -0.15) is 0 Å². The minimum absolute atomic E-state index is 0.923. The summed E-state index contributed by atoms with van der Waals surface area (Å²) in [5.74, 6) is 0. The quantitative estimate of drug-likeness (QED) is 0.204. The van der Waals surface area contributed by atoms with Crippen molar-refractivity contribution in [2.45, 2.75) is 0 Å². The smallest absolute Gasteiger partial charge is 0.135 e. The maximum Gasteiger partial charge on any atom is 0.135 e. The lowest BCUT2D eigenvalue weighted by Gasteiger charge is -2.13. The van der Waals surface area contributed by atoms with Crippen LogP contribution in [0.2, 0.25) is 0 Å². The van der Waals surface area contributed by atoms with Crippen molar-refractivity contribution in [1.82, 2.24) is 0 Å². The average Bonchev–Trinajstić information content (AvgIpc) is 3.49. The Balaban J connectivity index is 1.07. The summed E-state index contributed by atoms with van der Waals surface area (Å²) in [5, 5.41) is 7.37. The molecule has 8 aromatic carbocycles. The number of furan rings is 1. The third kappa shape index (κ3) is 4.32. The molecular weight excluding hydrogens is 544 g/mol. The lowest BCUT2D eigenvalue weighted by atomic mass is 9.90. The zero-order chi connectivity index (χ0) is 29.7. The van der Waals surface area contributed by atoms with Gasteiger partial charge in [0, 0.05) is 10.8 Å². The molecule has 1 aromatic heterocycles. The van der Waals surface area contributed by atoms with Crippen LogP contribution in [0.1, 0.15) is 0 Å². The van der Waals surface area contributed by atoms with Crippen molar-refractivity contribution in [3.8, 4) is 44.5 Å². The molecule has 0 aliphatic carbocycles. The van der Waals surface area contributed by atoms with Crippen molar-refractivity contribution < 1.29 is 4.42 Å². The number of benzene rings is 8. The highest BCUT2D eigenvalue weighted by molar-refractivity contribution is 6.07. The van der Waals surface area contributed by atoms with Crippen LogP contribution in [0.3, 0.4) is 0 Å². The summed E-state index contributed by atoms with van der Waals surface area (Å²) in [6, 6.07) is 61.1. The molecule has 0 bridgehead atoms. The van der Waals surface area contributed by atoms with Crippen molar-refractivity contribution in [2.24, 2.45) is 0 Å². The van der Waals surface area contributed by atoms with Crippen LogP contribution in [0.4, 0.5) is 0 Å². The molecule has 0 aliphatic rings. The lowest BCUT2D eigenvalue weighted by Crippen LogP contribution is -1.87. The van der Waals surface area contributed by atoms with Gasteiger partial charge in [0.05, 0.1) is 0 Å². The van der Waals surface area contributed by atoms with Gasteiger partial charge in [-0.05, 0) is 84.3 Å². The number of hydrogen-bond acceptors (Lipinski definition) is 1. The number of hydrogen-bond donors (Lipinski definition) is 0. The second-order valence-corrected chi connectivity index (χ2v) is 11.7. The Morgan fingerprint density at radius 2 is 0.733 bits per heavy atom. The second kappa shape index (κ2) is 10.4. The largest absolute Gasteiger partial charge is 0.456 e. The summed E-state index contributed by atoms with van der Waals surface area (Å²) in [7, 11) is 0. The molecule has 45 heavy (non-hydrogen) atoms. The summed E-state index contributed by atoms with van der Waals surface area (Å²) in [4.78, 5) is 0. The fourth-order valence-electron chi connectivity index (χ4n) is 6.86. The van der Waals surface area contributed by atoms with E-state index in [-0.39, 0.29) is 0 Å². The standard InChI is InChI=1S/C44H28O/c1-2-10-35-30(8-1)9-7-14-36(35)31-20-22-33(23-21-31)38-26-25-37(39-11-3-4-12-40(38)39)32-18-16-29(17-19-32)34-24-27-44-42(28-34)41-13-5-6-15-43(41)45-44/h1-28H. The van der Waals surface area contributed by atoms with Crippen molar-refractivity contribution in [2.75, 3.05) is 0 Å². The fourth-order valence-corrected chi connectivity index (χ4v) is 6.86. The van der Waals surface area contributed by atoms with Crippen LogP contribution < -0.4 is 0 Å². The van der Waals surface area contributed by atoms with Crippen molar-refractivity contribution >= 4 is 43.5 Å². The van der Waals surface area contributed by atoms with Gasteiger partial charge in [-0.1, -0.05) is 152 Å². The van der Waals surface area contributed by atoms with E-state index in [0.29, 0.717) is 0 Å². The topological polar surface area (TPSA) is 13.1 Å². The summed E-state index contributed by atoms with van der Waals surface area (Å²) in [6.07, 6.45) is 0. The first-order valence-corrected chi connectivity index (χ1v) is 15.4. The predicted molar refractivity (Wildman–Crippen MR) is 190 cm³/mol. The molecule has 0 spiro atoms. The molecule has 1 heterocycles. The van der Waals surface area contributed by atoms with Crippen LogP contribution in [-0.2, 0) is 0 Å². The van der Waals surface area contributed by atoms with Gasteiger partial charge in [-0.3, -0.25) is 0 Å². The maximum atomic E-state index is 6.04. The highest BCUT2D eigenvalue weighted by Crippen LogP contribution is 2.38. The first-order valence-electron chi connectivity index (χ1n) is 15.4. The summed E-state index contributed by atoms with van der Waals surface area (Å²) in [5.41, 5.74) is 11.6. The molecule has 9 rings (SSSR count). The monoisotopic (exact) mass is 572 g/mol. The van der Waals surface area contributed by atoms with Crippen molar-refractivity contribution in [3.05, 3.63) is 170 Å². The first-order chi connectivity index (χ1) is 22.3. The number of rotatable bonds is 4. The van der Waals surface area contributed by atoms with Crippen molar-refractivity contribution in [1.29, 1.82) is 0 Å². The van der Waals surface area contributed by atoms with Gasteiger partial charge in [0.25, 0.3) is 0 Å². The Kier molecular flexibility index (Phi) is 5.89. The normalized spacial score (nSPS) is 11.6. The highest BCUT2D eigenvalue weighted by Gasteiger charge is 2.12. The van der Waals surface area contributed by atoms with Gasteiger partial charge in [-0.25, -0.2) is 0 Å². The predicted octanol–water partition coefficient (Wildman–Crippen LogP) is 12.6. The average molecular weight is 573 g/mol. The molecular formula is C44H28O. The highest BCUT2D eigenvalue weighted by atomic mass is 16.3. The third-order valence-corrected chi connectivity index (χ3v) is 9.13. The van der Waals surface area contributed by atoms with Crippen molar-refractivity contribution in [3.63, 3.8) is 0 Å². The molecule has 210 valence electrons. The SMILES string of the molecule is c1ccc2c(-c3ccc(-c4ccc(-c5ccc(-c6ccc7oc8ccccc8c7c6)cc5)c5ccccc45)cc3)cccc2c1. The number of para-hydroxylation sites is 1. The summed E-state index contributed by atoms with van der Waals surface area (Å²) >= 11 is 0. The van der Waals surface area contributed by atoms with Crippen LogP contribution in [0, 0.1) is 0 Å². The van der Waals surface area contributed by atoms with E-state index >= 15 is 0 Å². The second-order valence-electron chi connectivity index (χ2n) is 11.7. The Bertz CT molecular complexity index is 2510. The van der Waals surface area contributed by atoms with E-state index in [1.54, 1.807) is 0 Å². The van der Waals surface area contributed by atoms with E-state index in [1.165, 1.54) is 66.1 Å². The molecule has 0 unspecified atom stereocenters. The van der Waals surface area contributed by atoms with Gasteiger partial charge in [-0.15, -0.1) is 0 Å². The molecule has 0 saturated carbocycles. The van der Waals surface area contributed by atoms with Gasteiger partial charge in [0.1, 0.15) is 11.2 Å². The van der Waals surface area contributed by atoms with Crippen LogP contribution in [-0.4, -0.2) is 0 Å². The summed E-state index contributed by atoms with van der Waals surface area (Å²) < 4.78 is 6.04. The molecule has 0 saturated heterocycles. The van der Waals surface area contributed by atoms with Crippen LogP contribution in [0.5, 0.6) is 0 Å². The molecule has 0 fully saturated rings. The van der Waals surface area contributed by atoms with Crippen LogP contribution in [0.15, 0.2) is 174 Å². The van der Waals surface area contributed by atoms with E-state index in [2.05, 4.69) is 158 Å².